The van der Waals surface area contributed by atoms with Crippen LogP contribution in [0.5, 0.6) is 0 Å². The van der Waals surface area contributed by atoms with Gasteiger partial charge in [0.1, 0.15) is 5.82 Å². The topological polar surface area (TPSA) is 60.2 Å². The molecule has 148 valence electrons. The number of aromatic nitrogens is 3. The van der Waals surface area contributed by atoms with Crippen LogP contribution in [0.1, 0.15) is 13.8 Å². The van der Waals surface area contributed by atoms with Crippen LogP contribution in [0.25, 0.3) is 17.1 Å². The summed E-state index contributed by atoms with van der Waals surface area (Å²) in [4.78, 5) is 0. The van der Waals surface area contributed by atoms with Crippen molar-refractivity contribution in [2.45, 2.75) is 31.2 Å². The number of aliphatic hydroxyl groups excluding tert-OH is 1. The molecule has 0 amide bonds. The molecule has 0 aliphatic heterocycles. The number of hydrogen-bond acceptors (Lipinski definition) is 5. The third kappa shape index (κ3) is 4.91. The van der Waals surface area contributed by atoms with Crippen molar-refractivity contribution in [3.8, 4) is 17.1 Å². The first kappa shape index (κ1) is 20.8. The lowest BCUT2D eigenvalue weighted by Gasteiger charge is -2.14. The smallest absolute Gasteiger partial charge is 0.196 e. The number of thioether (sulfide) groups is 1. The molecule has 8 heteroatoms. The Kier molecular flexibility index (Phi) is 7.07. The molecular formula is C20H21ClFN3O2S. The van der Waals surface area contributed by atoms with Crippen LogP contribution >= 0.6 is 23.4 Å². The van der Waals surface area contributed by atoms with Gasteiger partial charge in [-0.25, -0.2) is 4.39 Å². The van der Waals surface area contributed by atoms with Crippen molar-refractivity contribution < 1.29 is 14.2 Å². The van der Waals surface area contributed by atoms with Gasteiger partial charge in [-0.3, -0.25) is 4.57 Å². The van der Waals surface area contributed by atoms with Crippen molar-refractivity contribution in [1.82, 2.24) is 14.8 Å². The summed E-state index contributed by atoms with van der Waals surface area (Å²) in [5.41, 5.74) is 0.966. The normalized spacial score (nSPS) is 12.5. The van der Waals surface area contributed by atoms with E-state index in [1.54, 1.807) is 28.8 Å². The Balaban J connectivity index is 1.95. The first-order chi connectivity index (χ1) is 13.5. The Hall–Kier alpha value is -1.93. The molecule has 1 aromatic heterocycles. The van der Waals surface area contributed by atoms with Gasteiger partial charge in [0.2, 0.25) is 0 Å². The summed E-state index contributed by atoms with van der Waals surface area (Å²) in [6.07, 6.45) is -0.643. The van der Waals surface area contributed by atoms with Crippen LogP contribution in [0.2, 0.25) is 5.02 Å². The zero-order chi connectivity index (χ0) is 20.1. The van der Waals surface area contributed by atoms with Gasteiger partial charge >= 0.3 is 0 Å². The van der Waals surface area contributed by atoms with E-state index in [4.69, 9.17) is 16.3 Å². The zero-order valence-electron chi connectivity index (χ0n) is 15.5. The van der Waals surface area contributed by atoms with Crippen LogP contribution in [0, 0.1) is 5.82 Å². The first-order valence-corrected chi connectivity index (χ1v) is 10.2. The number of aliphatic hydroxyl groups is 1. The van der Waals surface area contributed by atoms with Gasteiger partial charge in [-0.1, -0.05) is 47.6 Å². The lowest BCUT2D eigenvalue weighted by molar-refractivity contribution is 0.0152. The van der Waals surface area contributed by atoms with Gasteiger partial charge in [0.25, 0.3) is 0 Å². The highest BCUT2D eigenvalue weighted by Crippen LogP contribution is 2.32. The highest BCUT2D eigenvalue weighted by atomic mass is 35.5. The van der Waals surface area contributed by atoms with E-state index in [0.717, 1.165) is 0 Å². The van der Waals surface area contributed by atoms with Gasteiger partial charge in [0, 0.05) is 11.3 Å². The van der Waals surface area contributed by atoms with E-state index in [1.807, 2.05) is 32.0 Å². The lowest BCUT2D eigenvalue weighted by atomic mass is 10.2. The van der Waals surface area contributed by atoms with Crippen LogP contribution < -0.4 is 0 Å². The van der Waals surface area contributed by atoms with Gasteiger partial charge < -0.3 is 9.84 Å². The van der Waals surface area contributed by atoms with E-state index < -0.39 is 11.9 Å². The predicted octanol–water partition coefficient (Wildman–Crippen LogP) is 4.60. The highest BCUT2D eigenvalue weighted by Gasteiger charge is 2.21. The summed E-state index contributed by atoms with van der Waals surface area (Å²) >= 11 is 7.61. The summed E-state index contributed by atoms with van der Waals surface area (Å²) < 4.78 is 21.6. The van der Waals surface area contributed by atoms with Gasteiger partial charge in [-0.05, 0) is 38.1 Å². The molecule has 3 rings (SSSR count). The molecule has 28 heavy (non-hydrogen) atoms. The quantitative estimate of drug-likeness (QED) is 0.538. The first-order valence-electron chi connectivity index (χ1n) is 8.85. The fourth-order valence-corrected chi connectivity index (χ4v) is 3.62. The van der Waals surface area contributed by atoms with E-state index in [9.17, 15) is 9.50 Å². The number of benzene rings is 2. The summed E-state index contributed by atoms with van der Waals surface area (Å²) in [5.74, 6) is 0.370. The number of halogens is 2. The molecule has 0 aliphatic carbocycles. The van der Waals surface area contributed by atoms with Gasteiger partial charge in [-0.15, -0.1) is 10.2 Å². The third-order valence-electron chi connectivity index (χ3n) is 3.87. The van der Waals surface area contributed by atoms with Crippen LogP contribution in [-0.2, 0) is 4.74 Å². The Morgan fingerprint density at radius 3 is 2.57 bits per heavy atom. The Bertz CT molecular complexity index is 935. The Labute approximate surface area is 172 Å². The maximum atomic E-state index is 14.5. The minimum absolute atomic E-state index is 0.0357. The molecule has 1 heterocycles. The molecule has 0 saturated carbocycles. The summed E-state index contributed by atoms with van der Waals surface area (Å²) in [5, 5.41) is 19.6. The van der Waals surface area contributed by atoms with Crippen LogP contribution in [0.15, 0.2) is 53.7 Å². The maximum absolute atomic E-state index is 14.5. The van der Waals surface area contributed by atoms with E-state index in [1.165, 1.54) is 17.8 Å². The van der Waals surface area contributed by atoms with Gasteiger partial charge in [-0.2, -0.15) is 0 Å². The lowest BCUT2D eigenvalue weighted by Crippen LogP contribution is -2.20. The standard InChI is InChI=1S/C20H21ClFN3O2S/c1-13(2)27-11-14(26)12-28-20-24-23-19(15-7-3-4-8-16(15)21)25(20)18-10-6-5-9-17(18)22/h3-10,13-14,26H,11-12H2,1-2H3. The van der Waals surface area contributed by atoms with Gasteiger partial charge in [0.05, 0.1) is 29.5 Å². The van der Waals surface area contributed by atoms with Crippen molar-refractivity contribution in [2.24, 2.45) is 0 Å². The maximum Gasteiger partial charge on any atom is 0.196 e. The molecule has 2 aromatic carbocycles. The Morgan fingerprint density at radius 1 is 1.14 bits per heavy atom. The molecule has 0 fully saturated rings. The highest BCUT2D eigenvalue weighted by molar-refractivity contribution is 7.99. The van der Waals surface area contributed by atoms with Crippen molar-refractivity contribution >= 4 is 23.4 Å². The Morgan fingerprint density at radius 2 is 1.86 bits per heavy atom. The van der Waals surface area contributed by atoms with Crippen molar-refractivity contribution in [1.29, 1.82) is 0 Å². The predicted molar refractivity (Wildman–Crippen MR) is 110 cm³/mol. The van der Waals surface area contributed by atoms with Gasteiger partial charge in [0.15, 0.2) is 11.0 Å². The molecule has 0 aliphatic rings. The average Bonchev–Trinajstić information content (AvgIpc) is 3.09. The number of nitrogens with zero attached hydrogens (tertiary/aromatic N) is 3. The summed E-state index contributed by atoms with van der Waals surface area (Å²) in [6.45, 7) is 4.03. The molecule has 1 N–H and O–H groups in total. The number of rotatable bonds is 8. The molecule has 5 nitrogen and oxygen atoms in total. The molecule has 3 aromatic rings. The van der Waals surface area contributed by atoms with Crippen molar-refractivity contribution in [3.05, 3.63) is 59.4 Å². The second-order valence-electron chi connectivity index (χ2n) is 6.42. The molecule has 1 unspecified atom stereocenters. The molecule has 0 saturated heterocycles. The zero-order valence-corrected chi connectivity index (χ0v) is 17.1. The minimum atomic E-state index is -0.679. The van der Waals surface area contributed by atoms with Crippen LogP contribution in [-0.4, -0.2) is 44.4 Å². The fourth-order valence-electron chi connectivity index (χ4n) is 2.55. The molecule has 0 spiro atoms. The third-order valence-corrected chi connectivity index (χ3v) is 5.27. The second-order valence-corrected chi connectivity index (χ2v) is 7.81. The average molecular weight is 422 g/mol. The molecular weight excluding hydrogens is 401 g/mol. The molecule has 1 atom stereocenters. The van der Waals surface area contributed by atoms with Crippen LogP contribution in [0.4, 0.5) is 4.39 Å². The second kappa shape index (κ2) is 9.52. The van der Waals surface area contributed by atoms with E-state index in [2.05, 4.69) is 10.2 Å². The summed E-state index contributed by atoms with van der Waals surface area (Å²) in [7, 11) is 0. The fraction of sp³-hybridized carbons (Fsp3) is 0.300. The summed E-state index contributed by atoms with van der Waals surface area (Å²) in [6, 6.07) is 13.6. The van der Waals surface area contributed by atoms with Crippen molar-refractivity contribution in [2.75, 3.05) is 12.4 Å². The molecule has 0 radical (unpaired) electrons. The van der Waals surface area contributed by atoms with Crippen molar-refractivity contribution in [3.63, 3.8) is 0 Å². The largest absolute Gasteiger partial charge is 0.390 e. The minimum Gasteiger partial charge on any atom is -0.390 e. The number of ether oxygens (including phenoxy) is 1. The molecule has 0 bridgehead atoms. The van der Waals surface area contributed by atoms with E-state index >= 15 is 0 Å². The SMILES string of the molecule is CC(C)OCC(O)CSc1nnc(-c2ccccc2Cl)n1-c1ccccc1F. The number of para-hydroxylation sites is 1. The van der Waals surface area contributed by atoms with Crippen LogP contribution in [0.3, 0.4) is 0 Å². The monoisotopic (exact) mass is 421 g/mol. The van der Waals surface area contributed by atoms with E-state index in [-0.39, 0.29) is 12.7 Å². The number of hydrogen-bond donors (Lipinski definition) is 1. The van der Waals surface area contributed by atoms with E-state index in [0.29, 0.717) is 33.0 Å².